The molecule has 1 aliphatic rings. The maximum atomic E-state index is 12.3. The molecule has 0 atom stereocenters. The van der Waals surface area contributed by atoms with E-state index in [1.54, 1.807) is 18.2 Å². The van der Waals surface area contributed by atoms with Crippen LogP contribution in [0.25, 0.3) is 10.9 Å². The van der Waals surface area contributed by atoms with Crippen molar-refractivity contribution in [3.05, 3.63) is 66.2 Å². The number of anilines is 1. The number of phenols is 1. The van der Waals surface area contributed by atoms with E-state index >= 15 is 0 Å². The molecule has 1 amide bonds. The summed E-state index contributed by atoms with van der Waals surface area (Å²) in [6, 6.07) is 19.2. The second-order valence-corrected chi connectivity index (χ2v) is 7.11. The fourth-order valence-electron chi connectivity index (χ4n) is 3.65. The molecule has 0 bridgehead atoms. The predicted octanol–water partition coefficient (Wildman–Crippen LogP) is 4.52. The summed E-state index contributed by atoms with van der Waals surface area (Å²) in [5, 5.41) is 17.3. The smallest absolute Gasteiger partial charge is 0.251 e. The molecule has 4 rings (SSSR count). The van der Waals surface area contributed by atoms with Crippen LogP contribution in [0.4, 0.5) is 5.82 Å². The molecule has 1 aromatic heterocycles. The number of hydrogen-bond acceptors (Lipinski definition) is 4. The van der Waals surface area contributed by atoms with E-state index in [9.17, 15) is 9.90 Å². The van der Waals surface area contributed by atoms with E-state index in [1.807, 2.05) is 24.3 Å². The van der Waals surface area contributed by atoms with Gasteiger partial charge in [0.2, 0.25) is 0 Å². The van der Waals surface area contributed by atoms with Crippen molar-refractivity contribution in [3.63, 3.8) is 0 Å². The first kappa shape index (κ1) is 20.0. The molecule has 0 saturated heterocycles. The van der Waals surface area contributed by atoms with Gasteiger partial charge in [-0.1, -0.05) is 24.3 Å². The van der Waals surface area contributed by atoms with Gasteiger partial charge in [0.05, 0.1) is 5.52 Å². The van der Waals surface area contributed by atoms with Gasteiger partial charge in [0.15, 0.2) is 0 Å². The highest BCUT2D eigenvalue weighted by atomic mass is 35.5. The standard InChI is InChI=1S/C22H23N3O2.ClH/c26-19-6-3-5-16(14-19)22(27)24-18-11-9-17(10-12-18)23-21-13-8-15-4-1-2-7-20(15)25-21;/h1-8,13-14,17-18,26H,9-12H2,(H,23,25)(H,24,27);1H. The summed E-state index contributed by atoms with van der Waals surface area (Å²) in [5.74, 6) is 0.887. The molecule has 3 N–H and O–H groups in total. The third kappa shape index (κ3) is 4.73. The Bertz CT molecular complexity index is 955. The molecule has 6 heteroatoms. The van der Waals surface area contributed by atoms with Crippen LogP contribution >= 0.6 is 12.4 Å². The van der Waals surface area contributed by atoms with Crippen molar-refractivity contribution in [2.45, 2.75) is 37.8 Å². The number of aromatic hydroxyl groups is 1. The lowest BCUT2D eigenvalue weighted by molar-refractivity contribution is 0.0926. The van der Waals surface area contributed by atoms with Gasteiger partial charge in [0.1, 0.15) is 11.6 Å². The largest absolute Gasteiger partial charge is 0.508 e. The van der Waals surface area contributed by atoms with E-state index in [0.717, 1.165) is 42.4 Å². The number of pyridine rings is 1. The predicted molar refractivity (Wildman–Crippen MR) is 114 cm³/mol. The number of para-hydroxylation sites is 1. The van der Waals surface area contributed by atoms with Gasteiger partial charge in [-0.25, -0.2) is 4.98 Å². The Hall–Kier alpha value is -2.79. The molecule has 146 valence electrons. The normalized spacial score (nSPS) is 18.9. The van der Waals surface area contributed by atoms with Crippen LogP contribution in [0.1, 0.15) is 36.0 Å². The van der Waals surface area contributed by atoms with Gasteiger partial charge in [0.25, 0.3) is 5.91 Å². The number of carbonyl (C=O) groups is 1. The van der Waals surface area contributed by atoms with Crippen LogP contribution < -0.4 is 10.6 Å². The molecule has 3 aromatic rings. The quantitative estimate of drug-likeness (QED) is 0.605. The van der Waals surface area contributed by atoms with Gasteiger partial charge in [-0.05, 0) is 62.1 Å². The average Bonchev–Trinajstić information content (AvgIpc) is 2.69. The van der Waals surface area contributed by atoms with E-state index in [-0.39, 0.29) is 30.1 Å². The minimum atomic E-state index is -0.126. The summed E-state index contributed by atoms with van der Waals surface area (Å²) < 4.78 is 0. The monoisotopic (exact) mass is 397 g/mol. The number of carbonyl (C=O) groups excluding carboxylic acids is 1. The highest BCUT2D eigenvalue weighted by molar-refractivity contribution is 5.94. The van der Waals surface area contributed by atoms with Crippen LogP contribution in [0.5, 0.6) is 5.75 Å². The van der Waals surface area contributed by atoms with Crippen molar-refractivity contribution in [3.8, 4) is 5.75 Å². The Balaban J connectivity index is 0.00000225. The second-order valence-electron chi connectivity index (χ2n) is 7.11. The number of phenolic OH excluding ortho intramolecular Hbond substituents is 1. The number of aromatic nitrogens is 1. The molecule has 0 radical (unpaired) electrons. The van der Waals surface area contributed by atoms with Crippen LogP contribution in [-0.2, 0) is 0 Å². The van der Waals surface area contributed by atoms with E-state index in [4.69, 9.17) is 0 Å². The SMILES string of the molecule is Cl.O=C(NC1CCC(Nc2ccc3ccccc3n2)CC1)c1cccc(O)c1. The number of benzene rings is 2. The number of fused-ring (bicyclic) bond motifs is 1. The number of nitrogens with zero attached hydrogens (tertiary/aromatic N) is 1. The Kier molecular flexibility index (Phi) is 6.37. The summed E-state index contributed by atoms with van der Waals surface area (Å²) in [6.07, 6.45) is 3.82. The topological polar surface area (TPSA) is 74.2 Å². The lowest BCUT2D eigenvalue weighted by Crippen LogP contribution is -2.40. The second kappa shape index (κ2) is 8.93. The van der Waals surface area contributed by atoms with Crippen LogP contribution in [0.15, 0.2) is 60.7 Å². The molecule has 1 fully saturated rings. The minimum Gasteiger partial charge on any atom is -0.508 e. The Morgan fingerprint density at radius 3 is 2.46 bits per heavy atom. The van der Waals surface area contributed by atoms with E-state index in [2.05, 4.69) is 27.8 Å². The third-order valence-electron chi connectivity index (χ3n) is 5.12. The van der Waals surface area contributed by atoms with Crippen molar-refractivity contribution < 1.29 is 9.90 Å². The lowest BCUT2D eigenvalue weighted by atomic mass is 9.91. The summed E-state index contributed by atoms with van der Waals surface area (Å²) in [7, 11) is 0. The van der Waals surface area contributed by atoms with Gasteiger partial charge in [0, 0.05) is 23.0 Å². The number of nitrogens with one attached hydrogen (secondary N) is 2. The van der Waals surface area contributed by atoms with Gasteiger partial charge in [-0.3, -0.25) is 4.79 Å². The first-order chi connectivity index (χ1) is 13.2. The van der Waals surface area contributed by atoms with Crippen molar-refractivity contribution >= 4 is 35.0 Å². The van der Waals surface area contributed by atoms with Gasteiger partial charge in [-0.15, -0.1) is 12.4 Å². The van der Waals surface area contributed by atoms with E-state index < -0.39 is 0 Å². The molecule has 1 saturated carbocycles. The Labute approximate surface area is 170 Å². The molecular formula is C22H24ClN3O2. The highest BCUT2D eigenvalue weighted by Gasteiger charge is 2.23. The molecule has 0 spiro atoms. The maximum absolute atomic E-state index is 12.3. The van der Waals surface area contributed by atoms with Crippen LogP contribution in [0.2, 0.25) is 0 Å². The van der Waals surface area contributed by atoms with Crippen molar-refractivity contribution in [1.82, 2.24) is 10.3 Å². The molecule has 1 heterocycles. The summed E-state index contributed by atoms with van der Waals surface area (Å²) in [4.78, 5) is 17.0. The fraction of sp³-hybridized carbons (Fsp3) is 0.273. The summed E-state index contributed by atoms with van der Waals surface area (Å²) >= 11 is 0. The highest BCUT2D eigenvalue weighted by Crippen LogP contribution is 2.23. The lowest BCUT2D eigenvalue weighted by Gasteiger charge is -2.30. The first-order valence-electron chi connectivity index (χ1n) is 9.39. The fourth-order valence-corrected chi connectivity index (χ4v) is 3.65. The summed E-state index contributed by atoms with van der Waals surface area (Å²) in [5.41, 5.74) is 1.49. The first-order valence-corrected chi connectivity index (χ1v) is 9.39. The van der Waals surface area contributed by atoms with Crippen molar-refractivity contribution in [1.29, 1.82) is 0 Å². The Morgan fingerprint density at radius 2 is 1.68 bits per heavy atom. The van der Waals surface area contributed by atoms with Gasteiger partial charge >= 0.3 is 0 Å². The number of halogens is 1. The van der Waals surface area contributed by atoms with Crippen molar-refractivity contribution in [2.24, 2.45) is 0 Å². The molecule has 1 aliphatic carbocycles. The maximum Gasteiger partial charge on any atom is 0.251 e. The zero-order chi connectivity index (χ0) is 18.6. The van der Waals surface area contributed by atoms with Crippen LogP contribution in [0, 0.1) is 0 Å². The average molecular weight is 398 g/mol. The van der Waals surface area contributed by atoms with Gasteiger partial charge < -0.3 is 15.7 Å². The Morgan fingerprint density at radius 1 is 0.929 bits per heavy atom. The van der Waals surface area contributed by atoms with Crippen LogP contribution in [-0.4, -0.2) is 28.1 Å². The zero-order valence-corrected chi connectivity index (χ0v) is 16.3. The molecule has 5 nitrogen and oxygen atoms in total. The third-order valence-corrected chi connectivity index (χ3v) is 5.12. The van der Waals surface area contributed by atoms with E-state index in [1.165, 1.54) is 6.07 Å². The molecular weight excluding hydrogens is 374 g/mol. The van der Waals surface area contributed by atoms with Crippen LogP contribution in [0.3, 0.4) is 0 Å². The molecule has 0 unspecified atom stereocenters. The number of amides is 1. The summed E-state index contributed by atoms with van der Waals surface area (Å²) in [6.45, 7) is 0. The molecule has 28 heavy (non-hydrogen) atoms. The molecule has 2 aromatic carbocycles. The van der Waals surface area contributed by atoms with E-state index in [0.29, 0.717) is 11.6 Å². The minimum absolute atomic E-state index is 0. The number of rotatable bonds is 4. The number of hydrogen-bond donors (Lipinski definition) is 3. The zero-order valence-electron chi connectivity index (χ0n) is 15.5. The van der Waals surface area contributed by atoms with Gasteiger partial charge in [-0.2, -0.15) is 0 Å². The molecule has 0 aliphatic heterocycles. The van der Waals surface area contributed by atoms with Crippen molar-refractivity contribution in [2.75, 3.05) is 5.32 Å².